The van der Waals surface area contributed by atoms with Crippen molar-refractivity contribution in [3.05, 3.63) is 65.7 Å². The third-order valence-electron chi connectivity index (χ3n) is 5.71. The number of benzene rings is 2. The van der Waals surface area contributed by atoms with Crippen LogP contribution in [0.5, 0.6) is 5.75 Å². The van der Waals surface area contributed by atoms with Crippen molar-refractivity contribution in [1.29, 1.82) is 0 Å². The van der Waals surface area contributed by atoms with E-state index in [1.54, 1.807) is 14.2 Å². The first-order valence-corrected chi connectivity index (χ1v) is 10.6. The second-order valence-corrected chi connectivity index (χ2v) is 7.80. The normalized spacial score (nSPS) is 16.7. The second-order valence-electron chi connectivity index (χ2n) is 7.80. The van der Waals surface area contributed by atoms with Crippen LogP contribution in [0.1, 0.15) is 36.9 Å². The molecule has 170 valence electrons. The van der Waals surface area contributed by atoms with Gasteiger partial charge < -0.3 is 25.4 Å². The molecule has 2 aromatic carbocycles. The van der Waals surface area contributed by atoms with Gasteiger partial charge in [0.1, 0.15) is 5.75 Å². The summed E-state index contributed by atoms with van der Waals surface area (Å²) < 4.78 is 10.9. The molecule has 0 saturated carbocycles. The molecule has 3 rings (SSSR count). The van der Waals surface area contributed by atoms with Crippen molar-refractivity contribution < 1.29 is 9.47 Å². The summed E-state index contributed by atoms with van der Waals surface area (Å²) in [6, 6.07) is 18.9. The molecule has 3 N–H and O–H groups in total. The molecule has 6 nitrogen and oxygen atoms in total. The van der Waals surface area contributed by atoms with Crippen LogP contribution in [0.2, 0.25) is 0 Å². The van der Waals surface area contributed by atoms with Crippen LogP contribution in [0.3, 0.4) is 0 Å². The molecular formula is C24H35IN4O2. The number of nitrogens with zero attached hydrogens (tertiary/aromatic N) is 1. The van der Waals surface area contributed by atoms with Gasteiger partial charge in [0.2, 0.25) is 0 Å². The average Bonchev–Trinajstić information content (AvgIpc) is 2.80. The predicted octanol–water partition coefficient (Wildman–Crippen LogP) is 3.88. The smallest absolute Gasteiger partial charge is 0.191 e. The van der Waals surface area contributed by atoms with Gasteiger partial charge in [-0.25, -0.2) is 0 Å². The molecule has 1 heterocycles. The third kappa shape index (κ3) is 7.66. The van der Waals surface area contributed by atoms with Crippen LogP contribution in [0, 0.1) is 0 Å². The van der Waals surface area contributed by atoms with Crippen LogP contribution in [0.15, 0.2) is 59.6 Å². The van der Waals surface area contributed by atoms with Crippen LogP contribution in [-0.2, 0) is 11.3 Å². The number of methoxy groups -OCH3 is 1. The lowest BCUT2D eigenvalue weighted by molar-refractivity contribution is 0.0355. The first-order chi connectivity index (χ1) is 14.6. The highest BCUT2D eigenvalue weighted by Gasteiger charge is 2.34. The van der Waals surface area contributed by atoms with Crippen LogP contribution in [-0.4, -0.2) is 45.4 Å². The highest BCUT2D eigenvalue weighted by atomic mass is 127. The van der Waals surface area contributed by atoms with E-state index in [1.807, 2.05) is 12.1 Å². The maximum atomic E-state index is 5.65. The van der Waals surface area contributed by atoms with E-state index in [2.05, 4.69) is 70.3 Å². The fraction of sp³-hybridized carbons (Fsp3) is 0.458. The van der Waals surface area contributed by atoms with Crippen molar-refractivity contribution >= 4 is 29.9 Å². The summed E-state index contributed by atoms with van der Waals surface area (Å²) >= 11 is 0. The van der Waals surface area contributed by atoms with Crippen molar-refractivity contribution in [3.63, 3.8) is 0 Å². The van der Waals surface area contributed by atoms with Crippen LogP contribution >= 0.6 is 24.0 Å². The number of nitrogens with one attached hydrogen (secondary N) is 3. The Morgan fingerprint density at radius 3 is 2.35 bits per heavy atom. The minimum Gasteiger partial charge on any atom is -0.497 e. The topological polar surface area (TPSA) is 66.9 Å². The van der Waals surface area contributed by atoms with Gasteiger partial charge in [-0.2, -0.15) is 0 Å². The van der Waals surface area contributed by atoms with Crippen molar-refractivity contribution in [2.24, 2.45) is 4.99 Å². The van der Waals surface area contributed by atoms with Crippen molar-refractivity contribution in [2.45, 2.75) is 37.9 Å². The fourth-order valence-electron chi connectivity index (χ4n) is 3.82. The summed E-state index contributed by atoms with van der Waals surface area (Å²) in [5.41, 5.74) is 2.44. The lowest BCUT2D eigenvalue weighted by Crippen LogP contribution is -2.58. The number of hydrogen-bond donors (Lipinski definition) is 3. The lowest BCUT2D eigenvalue weighted by atomic mass is 9.88. The summed E-state index contributed by atoms with van der Waals surface area (Å²) in [6.07, 6.45) is 1.93. The van der Waals surface area contributed by atoms with Crippen molar-refractivity contribution in [1.82, 2.24) is 16.0 Å². The van der Waals surface area contributed by atoms with Gasteiger partial charge in [-0.05, 0) is 43.0 Å². The van der Waals surface area contributed by atoms with Gasteiger partial charge in [0.25, 0.3) is 0 Å². The zero-order chi connectivity index (χ0) is 21.2. The minimum atomic E-state index is -0.0365. The summed E-state index contributed by atoms with van der Waals surface area (Å²) in [6.45, 7) is 5.26. The van der Waals surface area contributed by atoms with Gasteiger partial charge in [-0.15, -0.1) is 24.0 Å². The average molecular weight is 538 g/mol. The molecule has 0 radical (unpaired) electrons. The highest BCUT2D eigenvalue weighted by Crippen LogP contribution is 2.25. The van der Waals surface area contributed by atoms with Crippen LogP contribution in [0.4, 0.5) is 0 Å². The van der Waals surface area contributed by atoms with Gasteiger partial charge >= 0.3 is 0 Å². The maximum Gasteiger partial charge on any atom is 0.191 e. The Morgan fingerprint density at radius 2 is 1.74 bits per heavy atom. The van der Waals surface area contributed by atoms with Gasteiger partial charge in [-0.3, -0.25) is 4.99 Å². The van der Waals surface area contributed by atoms with E-state index in [4.69, 9.17) is 9.47 Å². The Kier molecular flexibility index (Phi) is 10.6. The van der Waals surface area contributed by atoms with Crippen LogP contribution < -0.4 is 20.7 Å². The van der Waals surface area contributed by atoms with E-state index >= 15 is 0 Å². The molecule has 1 aliphatic rings. The number of aliphatic imine (C=N–C) groups is 1. The Bertz CT molecular complexity index is 793. The maximum absolute atomic E-state index is 5.65. The molecule has 0 spiro atoms. The lowest BCUT2D eigenvalue weighted by Gasteiger charge is -2.41. The molecule has 1 unspecified atom stereocenters. The molecule has 1 saturated heterocycles. The zero-order valence-electron chi connectivity index (χ0n) is 18.7. The molecule has 0 aliphatic carbocycles. The van der Waals surface area contributed by atoms with E-state index in [9.17, 15) is 0 Å². The van der Waals surface area contributed by atoms with Gasteiger partial charge in [0.15, 0.2) is 5.96 Å². The van der Waals surface area contributed by atoms with E-state index in [0.717, 1.165) is 44.3 Å². The Labute approximate surface area is 203 Å². The largest absolute Gasteiger partial charge is 0.497 e. The minimum absolute atomic E-state index is 0. The molecule has 1 fully saturated rings. The Morgan fingerprint density at radius 1 is 1.06 bits per heavy atom. The van der Waals surface area contributed by atoms with E-state index < -0.39 is 0 Å². The van der Waals surface area contributed by atoms with Gasteiger partial charge in [-0.1, -0.05) is 42.5 Å². The summed E-state index contributed by atoms with van der Waals surface area (Å²) in [7, 11) is 3.48. The van der Waals surface area contributed by atoms with Gasteiger partial charge in [0.05, 0.1) is 7.11 Å². The van der Waals surface area contributed by atoms with E-state index in [0.29, 0.717) is 6.54 Å². The van der Waals surface area contributed by atoms with Crippen molar-refractivity contribution in [2.75, 3.05) is 33.9 Å². The summed E-state index contributed by atoms with van der Waals surface area (Å²) in [5.74, 6) is 1.66. The standard InChI is InChI=1S/C24H34N4O2.HI/c1-19(21-7-5-4-6-8-21)28-24(13-15-30-16-14-24)18-27-23(25-2)26-17-20-9-11-22(29-3)12-10-20;/h4-12,19,28H,13-18H2,1-3H3,(H2,25,26,27);1H. The zero-order valence-corrected chi connectivity index (χ0v) is 21.0. The summed E-state index contributed by atoms with van der Waals surface area (Å²) in [5, 5.41) is 10.8. The number of ether oxygens (including phenoxy) is 2. The molecule has 2 aromatic rings. The van der Waals surface area contributed by atoms with Gasteiger partial charge in [0, 0.05) is 44.9 Å². The van der Waals surface area contributed by atoms with E-state index in [-0.39, 0.29) is 35.6 Å². The number of rotatable bonds is 8. The number of guanidine groups is 1. The second kappa shape index (κ2) is 12.9. The first kappa shape index (κ1) is 25.4. The molecule has 7 heteroatoms. The van der Waals surface area contributed by atoms with E-state index in [1.165, 1.54) is 11.1 Å². The third-order valence-corrected chi connectivity index (χ3v) is 5.71. The Hall–Kier alpha value is -1.84. The fourth-order valence-corrected chi connectivity index (χ4v) is 3.82. The predicted molar refractivity (Wildman–Crippen MR) is 137 cm³/mol. The molecular weight excluding hydrogens is 503 g/mol. The SMILES string of the molecule is CN=C(NCc1ccc(OC)cc1)NCC1(NC(C)c2ccccc2)CCOCC1.I. The quantitative estimate of drug-likeness (QED) is 0.271. The molecule has 31 heavy (non-hydrogen) atoms. The summed E-state index contributed by atoms with van der Waals surface area (Å²) in [4.78, 5) is 4.40. The molecule has 0 aromatic heterocycles. The number of hydrogen-bond acceptors (Lipinski definition) is 4. The van der Waals surface area contributed by atoms with Crippen molar-refractivity contribution in [3.8, 4) is 5.75 Å². The van der Waals surface area contributed by atoms with Crippen LogP contribution in [0.25, 0.3) is 0 Å². The Balaban J connectivity index is 0.00000341. The number of halogens is 1. The monoisotopic (exact) mass is 538 g/mol. The first-order valence-electron chi connectivity index (χ1n) is 10.6. The molecule has 1 aliphatic heterocycles. The highest BCUT2D eigenvalue weighted by molar-refractivity contribution is 14.0. The molecule has 1 atom stereocenters. The molecule has 0 bridgehead atoms. The molecule has 0 amide bonds.